The van der Waals surface area contributed by atoms with E-state index >= 15 is 0 Å². The van der Waals surface area contributed by atoms with Gasteiger partial charge in [-0.05, 0) is 43.5 Å². The molecule has 0 bridgehead atoms. The van der Waals surface area contributed by atoms with Crippen molar-refractivity contribution >= 4 is 17.3 Å². The summed E-state index contributed by atoms with van der Waals surface area (Å²) in [7, 11) is 1.39. The zero-order valence-electron chi connectivity index (χ0n) is 19.8. The Balaban J connectivity index is 1.67. The molecule has 0 spiro atoms. The van der Waals surface area contributed by atoms with Crippen molar-refractivity contribution in [2.45, 2.75) is 39.3 Å². The summed E-state index contributed by atoms with van der Waals surface area (Å²) in [5.41, 5.74) is 7.03. The Labute approximate surface area is 197 Å². The molecule has 3 aromatic rings. The summed E-state index contributed by atoms with van der Waals surface area (Å²) in [6, 6.07) is 25.4. The number of para-hydroxylation sites is 2. The van der Waals surface area contributed by atoms with Crippen LogP contribution in [0.5, 0.6) is 0 Å². The van der Waals surface area contributed by atoms with Crippen molar-refractivity contribution in [3.8, 4) is 0 Å². The van der Waals surface area contributed by atoms with E-state index in [0.717, 1.165) is 24.3 Å². The van der Waals surface area contributed by atoms with Crippen LogP contribution in [0.4, 0.5) is 11.4 Å². The van der Waals surface area contributed by atoms with Gasteiger partial charge in [-0.3, -0.25) is 4.79 Å². The number of nitrogens with one attached hydrogen (secondary N) is 2. The third-order valence-corrected chi connectivity index (χ3v) is 5.49. The Bertz CT molecular complexity index is 1000. The van der Waals surface area contributed by atoms with Gasteiger partial charge in [0.05, 0.1) is 44.2 Å². The Kier molecular flexibility index (Phi) is 9.33. The first-order valence-electron chi connectivity index (χ1n) is 11.4. The molecule has 174 valence electrons. The van der Waals surface area contributed by atoms with Crippen LogP contribution in [0.1, 0.15) is 28.7 Å². The predicted molar refractivity (Wildman–Crippen MR) is 135 cm³/mol. The van der Waals surface area contributed by atoms with Crippen molar-refractivity contribution < 1.29 is 14.3 Å². The average molecular weight is 447 g/mol. The maximum absolute atomic E-state index is 11.4. The van der Waals surface area contributed by atoms with Gasteiger partial charge in [0.2, 0.25) is 0 Å². The predicted octanol–water partition coefficient (Wildman–Crippen LogP) is 5.52. The summed E-state index contributed by atoms with van der Waals surface area (Å²) >= 11 is 0. The smallest absolute Gasteiger partial charge is 0.307 e. The van der Waals surface area contributed by atoms with E-state index in [9.17, 15) is 4.79 Å². The first kappa shape index (κ1) is 24.3. The standard InChI is InChI=1S/C28H34N2O3/c1-21-8-12-23(13-9-21)18-25(20-33-17-16-28(31)32-3)30-27-7-5-4-6-26(27)29-19-24-14-10-22(2)11-15-24/h4-15,25,29-30H,16-20H2,1-3H3/t25-/m0/s1. The van der Waals surface area contributed by atoms with Gasteiger partial charge in [0.15, 0.2) is 0 Å². The van der Waals surface area contributed by atoms with Gasteiger partial charge in [0, 0.05) is 6.54 Å². The second-order valence-electron chi connectivity index (χ2n) is 8.32. The fourth-order valence-electron chi connectivity index (χ4n) is 3.53. The number of rotatable bonds is 12. The molecule has 0 unspecified atom stereocenters. The number of benzene rings is 3. The van der Waals surface area contributed by atoms with Crippen molar-refractivity contribution in [1.82, 2.24) is 0 Å². The maximum Gasteiger partial charge on any atom is 0.307 e. The number of esters is 1. The average Bonchev–Trinajstić information content (AvgIpc) is 2.83. The summed E-state index contributed by atoms with van der Waals surface area (Å²) in [6.07, 6.45) is 1.06. The Morgan fingerprint density at radius 1 is 0.848 bits per heavy atom. The fraction of sp³-hybridized carbons (Fsp3) is 0.321. The van der Waals surface area contributed by atoms with Gasteiger partial charge >= 0.3 is 5.97 Å². The van der Waals surface area contributed by atoms with Gasteiger partial charge in [-0.1, -0.05) is 71.8 Å². The lowest BCUT2D eigenvalue weighted by atomic mass is 10.0. The molecule has 0 fully saturated rings. The highest BCUT2D eigenvalue weighted by Gasteiger charge is 2.13. The molecule has 0 heterocycles. The molecule has 3 rings (SSSR count). The number of ether oxygens (including phenoxy) is 2. The molecule has 0 amide bonds. The molecule has 0 saturated carbocycles. The minimum atomic E-state index is -0.260. The summed E-state index contributed by atoms with van der Waals surface area (Å²) in [5.74, 6) is -0.260. The number of hydrogen-bond acceptors (Lipinski definition) is 5. The Morgan fingerprint density at radius 2 is 1.45 bits per heavy atom. The third-order valence-electron chi connectivity index (χ3n) is 5.49. The number of carbonyl (C=O) groups excluding carboxylic acids is 1. The van der Waals surface area contributed by atoms with Crippen LogP contribution >= 0.6 is 0 Å². The van der Waals surface area contributed by atoms with E-state index in [-0.39, 0.29) is 18.4 Å². The molecule has 5 nitrogen and oxygen atoms in total. The monoisotopic (exact) mass is 446 g/mol. The van der Waals surface area contributed by atoms with Gasteiger partial charge in [-0.15, -0.1) is 0 Å². The third kappa shape index (κ3) is 8.28. The van der Waals surface area contributed by atoms with Gasteiger partial charge in [0.25, 0.3) is 0 Å². The van der Waals surface area contributed by atoms with Crippen LogP contribution < -0.4 is 10.6 Å². The van der Waals surface area contributed by atoms with Crippen LogP contribution in [0, 0.1) is 13.8 Å². The zero-order valence-corrected chi connectivity index (χ0v) is 19.8. The molecule has 0 aliphatic heterocycles. The highest BCUT2D eigenvalue weighted by molar-refractivity contribution is 5.69. The van der Waals surface area contributed by atoms with Crippen molar-refractivity contribution in [2.75, 3.05) is 31.0 Å². The molecule has 5 heteroatoms. The first-order valence-corrected chi connectivity index (χ1v) is 11.4. The van der Waals surface area contributed by atoms with Gasteiger partial charge in [-0.25, -0.2) is 0 Å². The molecule has 0 aromatic heterocycles. The Morgan fingerprint density at radius 3 is 2.09 bits per heavy atom. The van der Waals surface area contributed by atoms with Gasteiger partial charge < -0.3 is 20.1 Å². The van der Waals surface area contributed by atoms with Crippen LogP contribution in [-0.2, 0) is 27.2 Å². The van der Waals surface area contributed by atoms with E-state index in [1.54, 1.807) is 0 Å². The van der Waals surface area contributed by atoms with Gasteiger partial charge in [-0.2, -0.15) is 0 Å². The lowest BCUT2D eigenvalue weighted by Gasteiger charge is -2.23. The first-order chi connectivity index (χ1) is 16.0. The van der Waals surface area contributed by atoms with Crippen LogP contribution in [0.3, 0.4) is 0 Å². The molecule has 0 saturated heterocycles. The highest BCUT2D eigenvalue weighted by Crippen LogP contribution is 2.24. The van der Waals surface area contributed by atoms with Gasteiger partial charge in [0.1, 0.15) is 0 Å². The number of hydrogen-bond donors (Lipinski definition) is 2. The number of anilines is 2. The van der Waals surface area contributed by atoms with Crippen LogP contribution in [-0.4, -0.2) is 32.3 Å². The molecule has 0 radical (unpaired) electrons. The van der Waals surface area contributed by atoms with E-state index in [2.05, 4.69) is 85.1 Å². The number of aryl methyl sites for hydroxylation is 2. The SMILES string of the molecule is COC(=O)CCOC[C@H](Cc1ccc(C)cc1)Nc1ccccc1NCc1ccc(C)cc1. The largest absolute Gasteiger partial charge is 0.469 e. The Hall–Kier alpha value is -3.31. The molecular weight excluding hydrogens is 412 g/mol. The van der Waals surface area contributed by atoms with Crippen molar-refractivity contribution in [1.29, 1.82) is 0 Å². The van der Waals surface area contributed by atoms with Crippen LogP contribution in [0.15, 0.2) is 72.8 Å². The highest BCUT2D eigenvalue weighted by atomic mass is 16.5. The summed E-state index contributed by atoms with van der Waals surface area (Å²) in [5, 5.41) is 7.21. The minimum Gasteiger partial charge on any atom is -0.469 e. The van der Waals surface area contributed by atoms with Crippen molar-refractivity contribution in [3.63, 3.8) is 0 Å². The van der Waals surface area contributed by atoms with Crippen LogP contribution in [0.25, 0.3) is 0 Å². The zero-order chi connectivity index (χ0) is 23.5. The molecule has 2 N–H and O–H groups in total. The molecule has 33 heavy (non-hydrogen) atoms. The fourth-order valence-corrected chi connectivity index (χ4v) is 3.53. The van der Waals surface area contributed by atoms with E-state index < -0.39 is 0 Å². The molecule has 0 aliphatic carbocycles. The summed E-state index contributed by atoms with van der Waals surface area (Å²) in [4.78, 5) is 11.4. The van der Waals surface area contributed by atoms with E-state index in [1.807, 2.05) is 12.1 Å². The lowest BCUT2D eigenvalue weighted by Crippen LogP contribution is -2.29. The lowest BCUT2D eigenvalue weighted by molar-refractivity contribution is -0.141. The number of methoxy groups -OCH3 is 1. The molecule has 0 aliphatic rings. The normalized spacial score (nSPS) is 11.6. The topological polar surface area (TPSA) is 59.6 Å². The summed E-state index contributed by atoms with van der Waals surface area (Å²) < 4.78 is 10.5. The van der Waals surface area contributed by atoms with E-state index in [1.165, 1.54) is 29.4 Å². The van der Waals surface area contributed by atoms with Crippen molar-refractivity contribution in [3.05, 3.63) is 95.1 Å². The second kappa shape index (κ2) is 12.7. The number of carbonyl (C=O) groups is 1. The summed E-state index contributed by atoms with van der Waals surface area (Å²) in [6.45, 7) is 5.75. The molecule has 3 aromatic carbocycles. The second-order valence-corrected chi connectivity index (χ2v) is 8.32. The molecular formula is C28H34N2O3. The maximum atomic E-state index is 11.4. The minimum absolute atomic E-state index is 0.0488. The van der Waals surface area contributed by atoms with Crippen LogP contribution in [0.2, 0.25) is 0 Å². The van der Waals surface area contributed by atoms with Crippen molar-refractivity contribution in [2.24, 2.45) is 0 Å². The quantitative estimate of drug-likeness (QED) is 0.283. The van der Waals surface area contributed by atoms with E-state index in [4.69, 9.17) is 9.47 Å². The molecule has 1 atom stereocenters. The van der Waals surface area contributed by atoms with E-state index in [0.29, 0.717) is 13.2 Å².